The monoisotopic (exact) mass is 586 g/mol. The van der Waals surface area contributed by atoms with E-state index in [0.29, 0.717) is 38.8 Å². The van der Waals surface area contributed by atoms with Gasteiger partial charge >= 0.3 is 6.09 Å². The van der Waals surface area contributed by atoms with Gasteiger partial charge in [0.15, 0.2) is 16.0 Å². The average Bonchev–Trinajstić information content (AvgIpc) is 3.54. The van der Waals surface area contributed by atoms with Gasteiger partial charge in [0.05, 0.1) is 5.39 Å². The van der Waals surface area contributed by atoms with Crippen molar-refractivity contribution in [3.05, 3.63) is 40.5 Å². The molecule has 40 heavy (non-hydrogen) atoms. The molecule has 4 aromatic rings. The minimum atomic E-state index is -0.671. The van der Waals surface area contributed by atoms with Gasteiger partial charge in [-0.05, 0) is 39.5 Å². The topological polar surface area (TPSA) is 168 Å². The zero-order valence-electron chi connectivity index (χ0n) is 22.7. The number of ether oxygens (including phenoxy) is 1. The minimum Gasteiger partial charge on any atom is -0.444 e. The van der Waals surface area contributed by atoms with Crippen LogP contribution in [-0.2, 0) is 16.0 Å². The highest BCUT2D eigenvalue weighted by atomic mass is 32.2. The Bertz CT molecular complexity index is 1560. The quantitative estimate of drug-likeness (QED) is 0.174. The van der Waals surface area contributed by atoms with Gasteiger partial charge in [-0.15, -0.1) is 11.3 Å². The first-order valence-electron chi connectivity index (χ1n) is 12.5. The zero-order valence-corrected chi connectivity index (χ0v) is 24.4. The van der Waals surface area contributed by atoms with Crippen molar-refractivity contribution in [1.29, 1.82) is 0 Å². The Morgan fingerprint density at radius 1 is 1.18 bits per heavy atom. The summed E-state index contributed by atoms with van der Waals surface area (Å²) in [6.45, 7) is 7.67. The van der Waals surface area contributed by atoms with E-state index in [1.807, 2.05) is 13.2 Å². The number of nitrogens with zero attached hydrogens (tertiary/aromatic N) is 5. The Morgan fingerprint density at radius 2 is 1.93 bits per heavy atom. The molecule has 0 atom stereocenters. The van der Waals surface area contributed by atoms with E-state index < -0.39 is 11.7 Å². The SMILES string of the molecule is CCCN(Nc1n[nH]c(=O)c2ccccc12)C(=O)CCc1nc(-c2sc(SC)nc2NC(=O)OC(C)(C)C)no1. The number of rotatable bonds is 10. The number of aromatic nitrogens is 5. The Hall–Kier alpha value is -3.98. The lowest BCUT2D eigenvalue weighted by atomic mass is 10.2. The second kappa shape index (κ2) is 12.5. The molecule has 0 saturated carbocycles. The molecule has 0 aliphatic heterocycles. The normalized spacial score (nSPS) is 11.4. The van der Waals surface area contributed by atoms with Crippen LogP contribution in [0.3, 0.4) is 0 Å². The lowest BCUT2D eigenvalue weighted by Gasteiger charge is -2.23. The van der Waals surface area contributed by atoms with Gasteiger partial charge in [0.25, 0.3) is 5.56 Å². The van der Waals surface area contributed by atoms with Crippen molar-refractivity contribution in [2.75, 3.05) is 23.5 Å². The van der Waals surface area contributed by atoms with Gasteiger partial charge in [-0.25, -0.2) is 14.9 Å². The Labute approximate surface area is 238 Å². The van der Waals surface area contributed by atoms with Crippen molar-refractivity contribution < 1.29 is 18.8 Å². The fraction of sp³-hybridized carbons (Fsp3) is 0.400. The number of hydrazine groups is 1. The number of aromatic amines is 1. The first kappa shape index (κ1) is 29.0. The van der Waals surface area contributed by atoms with Gasteiger partial charge in [0.2, 0.25) is 17.6 Å². The van der Waals surface area contributed by atoms with E-state index in [1.165, 1.54) is 28.1 Å². The van der Waals surface area contributed by atoms with Gasteiger partial charge in [0, 0.05) is 24.8 Å². The molecule has 15 heteroatoms. The third-order valence-corrected chi connectivity index (χ3v) is 7.35. The number of carbonyl (C=O) groups is 2. The van der Waals surface area contributed by atoms with Gasteiger partial charge in [0.1, 0.15) is 10.5 Å². The molecule has 3 aromatic heterocycles. The summed E-state index contributed by atoms with van der Waals surface area (Å²) in [5, 5.41) is 15.8. The van der Waals surface area contributed by atoms with Gasteiger partial charge in [-0.3, -0.25) is 25.3 Å². The molecule has 0 aliphatic rings. The number of amides is 2. The summed E-state index contributed by atoms with van der Waals surface area (Å²) < 4.78 is 11.4. The summed E-state index contributed by atoms with van der Waals surface area (Å²) in [5.74, 6) is 0.935. The summed E-state index contributed by atoms with van der Waals surface area (Å²) in [4.78, 5) is 46.9. The summed E-state index contributed by atoms with van der Waals surface area (Å²) in [6.07, 6.45) is 2.19. The summed E-state index contributed by atoms with van der Waals surface area (Å²) >= 11 is 2.72. The lowest BCUT2D eigenvalue weighted by Crippen LogP contribution is -2.37. The van der Waals surface area contributed by atoms with Crippen LogP contribution in [0.15, 0.2) is 37.9 Å². The molecule has 3 heterocycles. The van der Waals surface area contributed by atoms with Crippen molar-refractivity contribution in [3.8, 4) is 10.7 Å². The molecule has 0 unspecified atom stereocenters. The molecule has 0 fully saturated rings. The van der Waals surface area contributed by atoms with Crippen LogP contribution in [0, 0.1) is 0 Å². The molecule has 0 aliphatic carbocycles. The van der Waals surface area contributed by atoms with Gasteiger partial charge in [-0.2, -0.15) is 10.1 Å². The number of fused-ring (bicyclic) bond motifs is 1. The molecule has 4 rings (SSSR count). The number of hydrogen-bond acceptors (Lipinski definition) is 12. The van der Waals surface area contributed by atoms with Crippen molar-refractivity contribution in [1.82, 2.24) is 30.3 Å². The number of benzene rings is 1. The Balaban J connectivity index is 1.45. The third kappa shape index (κ3) is 7.15. The fourth-order valence-electron chi connectivity index (χ4n) is 3.62. The number of H-pyrrole nitrogens is 1. The number of nitrogens with one attached hydrogen (secondary N) is 3. The van der Waals surface area contributed by atoms with E-state index in [9.17, 15) is 14.4 Å². The fourth-order valence-corrected chi connectivity index (χ4v) is 5.06. The molecule has 3 N–H and O–H groups in total. The van der Waals surface area contributed by atoms with Crippen molar-refractivity contribution >= 4 is 57.5 Å². The van der Waals surface area contributed by atoms with Crippen LogP contribution < -0.4 is 16.3 Å². The molecular formula is C25H30N8O5S2. The maximum absolute atomic E-state index is 13.1. The molecule has 1 aromatic carbocycles. The number of aryl methyl sites for hydroxylation is 1. The molecule has 0 spiro atoms. The standard InChI is InChI=1S/C25H30N8O5S2/c1-6-13-33(31-19-14-9-7-8-10-15(14)22(35)30-29-19)17(34)12-11-16-26-21(32-38-16)18-20(28-24(39-5)40-18)27-23(36)37-25(2,3)4/h7-10H,6,11-13H2,1-5H3,(H,27,36)(H,29,31)(H,30,35). The number of anilines is 2. The lowest BCUT2D eigenvalue weighted by molar-refractivity contribution is -0.130. The summed E-state index contributed by atoms with van der Waals surface area (Å²) in [6, 6.07) is 7.02. The highest BCUT2D eigenvalue weighted by Crippen LogP contribution is 2.36. The molecule has 0 saturated heterocycles. The minimum absolute atomic E-state index is 0.0810. The second-order valence-electron chi connectivity index (χ2n) is 9.60. The number of thiazole rings is 1. The predicted octanol–water partition coefficient (Wildman–Crippen LogP) is 4.70. The largest absolute Gasteiger partial charge is 0.444 e. The van der Waals surface area contributed by atoms with Crippen LogP contribution in [0.2, 0.25) is 0 Å². The van der Waals surface area contributed by atoms with Crippen LogP contribution in [0.5, 0.6) is 0 Å². The van der Waals surface area contributed by atoms with E-state index in [2.05, 4.69) is 36.1 Å². The summed E-state index contributed by atoms with van der Waals surface area (Å²) in [7, 11) is 0. The highest BCUT2D eigenvalue weighted by molar-refractivity contribution is 8.00. The third-order valence-electron chi connectivity index (χ3n) is 5.31. The van der Waals surface area contributed by atoms with Gasteiger partial charge < -0.3 is 9.26 Å². The maximum Gasteiger partial charge on any atom is 0.413 e. The predicted molar refractivity (Wildman–Crippen MR) is 153 cm³/mol. The van der Waals surface area contributed by atoms with Crippen LogP contribution in [0.4, 0.5) is 16.4 Å². The van der Waals surface area contributed by atoms with Crippen molar-refractivity contribution in [2.24, 2.45) is 0 Å². The smallest absolute Gasteiger partial charge is 0.413 e. The summed E-state index contributed by atoms with van der Waals surface area (Å²) in [5.41, 5.74) is 2.06. The molecule has 13 nitrogen and oxygen atoms in total. The Morgan fingerprint density at radius 3 is 2.62 bits per heavy atom. The van der Waals surface area contributed by atoms with Crippen molar-refractivity contribution in [2.45, 2.75) is 56.9 Å². The van der Waals surface area contributed by atoms with E-state index in [1.54, 1.807) is 45.0 Å². The first-order valence-corrected chi connectivity index (χ1v) is 14.5. The number of hydrogen-bond donors (Lipinski definition) is 3. The zero-order chi connectivity index (χ0) is 28.9. The van der Waals surface area contributed by atoms with Crippen LogP contribution >= 0.6 is 23.1 Å². The van der Waals surface area contributed by atoms with E-state index in [0.717, 1.165) is 0 Å². The van der Waals surface area contributed by atoms with Gasteiger partial charge in [-0.1, -0.05) is 42.0 Å². The molecule has 2 amide bonds. The molecule has 212 valence electrons. The average molecular weight is 587 g/mol. The molecular weight excluding hydrogens is 556 g/mol. The van der Waals surface area contributed by atoms with E-state index in [-0.39, 0.29) is 41.8 Å². The van der Waals surface area contributed by atoms with Crippen LogP contribution in [-0.4, -0.2) is 60.7 Å². The van der Waals surface area contributed by atoms with Crippen LogP contribution in [0.1, 0.15) is 46.4 Å². The molecule has 0 radical (unpaired) electrons. The number of carbonyl (C=O) groups excluding carboxylic acids is 2. The van der Waals surface area contributed by atoms with Crippen molar-refractivity contribution in [3.63, 3.8) is 0 Å². The first-order chi connectivity index (χ1) is 19.1. The highest BCUT2D eigenvalue weighted by Gasteiger charge is 2.24. The Kier molecular flexibility index (Phi) is 9.04. The van der Waals surface area contributed by atoms with E-state index >= 15 is 0 Å². The number of thioether (sulfide) groups is 1. The maximum atomic E-state index is 13.1. The molecule has 0 bridgehead atoms. The second-order valence-corrected chi connectivity index (χ2v) is 11.7. The van der Waals surface area contributed by atoms with E-state index in [4.69, 9.17) is 9.26 Å². The van der Waals surface area contributed by atoms with Crippen LogP contribution in [0.25, 0.3) is 21.5 Å².